The molecule has 0 aliphatic heterocycles. The lowest BCUT2D eigenvalue weighted by molar-refractivity contribution is -0.362. The van der Waals surface area contributed by atoms with Crippen molar-refractivity contribution in [1.82, 2.24) is 0 Å². The van der Waals surface area contributed by atoms with E-state index in [-0.39, 0.29) is 24.5 Å². The average molecular weight is 630 g/mol. The molecule has 0 amide bonds. The Morgan fingerprint density at radius 2 is 1.73 bits per heavy atom. The van der Waals surface area contributed by atoms with Crippen LogP contribution in [0.2, 0.25) is 0 Å². The third kappa shape index (κ3) is 4.91. The number of fused-ring (bicyclic) bond motifs is 4. The highest BCUT2D eigenvalue weighted by Gasteiger charge is 2.79. The molecule has 2 aromatic rings. The van der Waals surface area contributed by atoms with Gasteiger partial charge in [0.25, 0.3) is 0 Å². The van der Waals surface area contributed by atoms with E-state index < -0.39 is 47.3 Å². The number of carbonyl (C=O) groups excluding carboxylic acids is 2. The number of nitrogens with one attached hydrogen (secondary N) is 1. The standard InChI is InChI=1S/C35H36F5NO4/c1-32-18-27(21-9-7-20(8-10-21)19-41-29-6-4-3-5-26(29)31(43)45-2)30-24-14-12-23(42)17-22(24)11-13-25(30)28(32)15-16-33(32,44)34(36,37)35(38,39)40/h3-10,17,25,27-28,41,44H,11-16,18-19H2,1-2H3/t25?,27-,28?,32+,33+/m1/s1. The van der Waals surface area contributed by atoms with Crippen LogP contribution in [0, 0.1) is 17.3 Å². The van der Waals surface area contributed by atoms with Crippen LogP contribution in [-0.2, 0) is 16.1 Å². The Morgan fingerprint density at radius 1 is 1.02 bits per heavy atom. The number of esters is 1. The SMILES string of the molecule is COC(=O)c1ccccc1NCc1ccc([C@H]2C[C@@]3(C)C(CC[C@@]3(O)C(F)(F)C(F)(F)F)C3CCC4=CC(=O)CCC4=C32)cc1. The number of para-hydroxylation sites is 1. The fourth-order valence-corrected chi connectivity index (χ4v) is 8.70. The van der Waals surface area contributed by atoms with E-state index in [2.05, 4.69) is 5.32 Å². The molecule has 0 saturated heterocycles. The fraction of sp³-hybridized carbons (Fsp3) is 0.486. The molecule has 4 aliphatic rings. The lowest BCUT2D eigenvalue weighted by Crippen LogP contribution is -2.65. The molecule has 240 valence electrons. The van der Waals surface area contributed by atoms with Crippen molar-refractivity contribution in [3.05, 3.63) is 88.0 Å². The number of rotatable bonds is 6. The Labute approximate surface area is 258 Å². The van der Waals surface area contributed by atoms with Gasteiger partial charge < -0.3 is 15.2 Å². The second kappa shape index (κ2) is 11.1. The van der Waals surface area contributed by atoms with Gasteiger partial charge in [0.1, 0.15) is 5.60 Å². The number of aliphatic hydroxyl groups is 1. The Balaban J connectivity index is 1.37. The summed E-state index contributed by atoms with van der Waals surface area (Å²) in [5.74, 6) is -7.04. The largest absolute Gasteiger partial charge is 0.465 e. The molecule has 2 fully saturated rings. The summed E-state index contributed by atoms with van der Waals surface area (Å²) in [5, 5.41) is 14.7. The van der Waals surface area contributed by atoms with E-state index in [9.17, 15) is 27.9 Å². The number of ketones is 1. The number of alkyl halides is 5. The number of benzene rings is 2. The number of hydrogen-bond acceptors (Lipinski definition) is 5. The maximum absolute atomic E-state index is 15.2. The molecule has 2 N–H and O–H groups in total. The summed E-state index contributed by atoms with van der Waals surface area (Å²) in [5.41, 5.74) is 0.652. The summed E-state index contributed by atoms with van der Waals surface area (Å²) in [7, 11) is 1.31. The van der Waals surface area contributed by atoms with Crippen LogP contribution in [0.4, 0.5) is 27.6 Å². The molecule has 0 bridgehead atoms. The molecule has 2 unspecified atom stereocenters. The Kier molecular flexibility index (Phi) is 7.74. The van der Waals surface area contributed by atoms with Crippen LogP contribution in [0.1, 0.15) is 79.3 Å². The number of ether oxygens (including phenoxy) is 1. The molecular weight excluding hydrogens is 593 g/mol. The minimum atomic E-state index is -5.89. The number of methoxy groups -OCH3 is 1. The third-order valence-corrected chi connectivity index (χ3v) is 11.0. The van der Waals surface area contributed by atoms with Crippen molar-refractivity contribution in [1.29, 1.82) is 0 Å². The first-order valence-electron chi connectivity index (χ1n) is 15.4. The van der Waals surface area contributed by atoms with Crippen LogP contribution >= 0.6 is 0 Å². The number of carbonyl (C=O) groups is 2. The van der Waals surface area contributed by atoms with Gasteiger partial charge in [0.05, 0.1) is 12.7 Å². The van der Waals surface area contributed by atoms with Gasteiger partial charge in [0.15, 0.2) is 5.78 Å². The van der Waals surface area contributed by atoms with Crippen molar-refractivity contribution in [2.45, 2.75) is 82.0 Å². The highest BCUT2D eigenvalue weighted by atomic mass is 19.4. The number of allylic oxidation sites excluding steroid dienone is 4. The predicted molar refractivity (Wildman–Crippen MR) is 158 cm³/mol. The monoisotopic (exact) mass is 629 g/mol. The van der Waals surface area contributed by atoms with Gasteiger partial charge in [-0.05, 0) is 90.8 Å². The molecule has 0 aromatic heterocycles. The number of anilines is 1. The maximum atomic E-state index is 15.2. The summed E-state index contributed by atoms with van der Waals surface area (Å²) in [6, 6.07) is 14.4. The van der Waals surface area contributed by atoms with Gasteiger partial charge in [-0.2, -0.15) is 22.0 Å². The van der Waals surface area contributed by atoms with Gasteiger partial charge in [0, 0.05) is 30.0 Å². The van der Waals surface area contributed by atoms with Crippen LogP contribution in [0.3, 0.4) is 0 Å². The van der Waals surface area contributed by atoms with Crippen molar-refractivity contribution >= 4 is 17.4 Å². The van der Waals surface area contributed by atoms with E-state index in [1.807, 2.05) is 24.3 Å². The van der Waals surface area contributed by atoms with E-state index in [1.165, 1.54) is 14.0 Å². The van der Waals surface area contributed by atoms with Crippen molar-refractivity contribution < 1.29 is 41.4 Å². The van der Waals surface area contributed by atoms with E-state index in [0.717, 1.165) is 27.8 Å². The van der Waals surface area contributed by atoms with Crippen molar-refractivity contribution in [3.63, 3.8) is 0 Å². The first kappa shape index (κ1) is 31.5. The fourth-order valence-electron chi connectivity index (χ4n) is 8.70. The molecule has 5 atom stereocenters. The Hall–Kier alpha value is -3.53. The quantitative estimate of drug-likeness (QED) is 0.251. The Bertz CT molecular complexity index is 1580. The predicted octanol–water partition coefficient (Wildman–Crippen LogP) is 7.91. The van der Waals surface area contributed by atoms with E-state index in [4.69, 9.17) is 4.74 Å². The molecule has 6 rings (SSSR count). The van der Waals surface area contributed by atoms with E-state index in [1.54, 1.807) is 30.3 Å². The highest BCUT2D eigenvalue weighted by Crippen LogP contribution is 2.70. The van der Waals surface area contributed by atoms with Gasteiger partial charge in [0.2, 0.25) is 0 Å². The lowest BCUT2D eigenvalue weighted by Gasteiger charge is -2.56. The number of halogens is 5. The summed E-state index contributed by atoms with van der Waals surface area (Å²) in [6.07, 6.45) is -2.92. The molecule has 4 aliphatic carbocycles. The zero-order valence-electron chi connectivity index (χ0n) is 25.1. The van der Waals surface area contributed by atoms with Gasteiger partial charge >= 0.3 is 18.1 Å². The zero-order valence-corrected chi connectivity index (χ0v) is 25.1. The van der Waals surface area contributed by atoms with Crippen molar-refractivity contribution in [2.24, 2.45) is 17.3 Å². The van der Waals surface area contributed by atoms with Crippen LogP contribution in [0.15, 0.2) is 71.3 Å². The minimum Gasteiger partial charge on any atom is -0.465 e. The van der Waals surface area contributed by atoms with Gasteiger partial charge in [-0.25, -0.2) is 4.79 Å². The molecule has 2 aromatic carbocycles. The van der Waals surface area contributed by atoms with Gasteiger partial charge in [-0.1, -0.05) is 48.9 Å². The average Bonchev–Trinajstić information content (AvgIpc) is 3.30. The molecule has 2 saturated carbocycles. The molecular formula is C35H36F5NO4. The van der Waals surface area contributed by atoms with E-state index in [0.29, 0.717) is 43.5 Å². The summed E-state index contributed by atoms with van der Waals surface area (Å²) in [4.78, 5) is 24.4. The van der Waals surface area contributed by atoms with Crippen LogP contribution in [0.25, 0.3) is 0 Å². The topological polar surface area (TPSA) is 75.6 Å². The second-order valence-corrected chi connectivity index (χ2v) is 13.1. The second-order valence-electron chi connectivity index (χ2n) is 13.1. The lowest BCUT2D eigenvalue weighted by atomic mass is 9.50. The maximum Gasteiger partial charge on any atom is 0.456 e. The van der Waals surface area contributed by atoms with E-state index >= 15 is 8.78 Å². The van der Waals surface area contributed by atoms with Crippen molar-refractivity contribution in [3.8, 4) is 0 Å². The smallest absolute Gasteiger partial charge is 0.456 e. The Morgan fingerprint density at radius 3 is 2.42 bits per heavy atom. The molecule has 10 heteroatoms. The third-order valence-electron chi connectivity index (χ3n) is 11.0. The summed E-state index contributed by atoms with van der Waals surface area (Å²) in [6.45, 7) is 1.79. The van der Waals surface area contributed by atoms with Crippen LogP contribution in [0.5, 0.6) is 0 Å². The number of hydrogen-bond donors (Lipinski definition) is 2. The molecule has 0 spiro atoms. The summed E-state index contributed by atoms with van der Waals surface area (Å²) >= 11 is 0. The normalized spacial score (nSPS) is 29.8. The van der Waals surface area contributed by atoms with Gasteiger partial charge in [-0.3, -0.25) is 4.79 Å². The highest BCUT2D eigenvalue weighted by molar-refractivity contribution is 5.95. The first-order valence-corrected chi connectivity index (χ1v) is 15.4. The summed E-state index contributed by atoms with van der Waals surface area (Å²) < 4.78 is 76.7. The van der Waals surface area contributed by atoms with Gasteiger partial charge in [-0.15, -0.1) is 0 Å². The van der Waals surface area contributed by atoms with Crippen LogP contribution < -0.4 is 5.32 Å². The molecule has 0 heterocycles. The first-order chi connectivity index (χ1) is 21.2. The molecule has 45 heavy (non-hydrogen) atoms. The van der Waals surface area contributed by atoms with Crippen molar-refractivity contribution in [2.75, 3.05) is 12.4 Å². The van der Waals surface area contributed by atoms with Crippen LogP contribution in [-0.4, -0.2) is 41.7 Å². The minimum absolute atomic E-state index is 0.0377. The molecule has 0 radical (unpaired) electrons. The zero-order chi connectivity index (χ0) is 32.4. The molecule has 5 nitrogen and oxygen atoms in total.